The summed E-state index contributed by atoms with van der Waals surface area (Å²) in [7, 11) is 0. The van der Waals surface area contributed by atoms with E-state index in [2.05, 4.69) is 5.43 Å². The van der Waals surface area contributed by atoms with E-state index in [9.17, 15) is 8.78 Å². The highest BCUT2D eigenvalue weighted by Gasteiger charge is 2.09. The van der Waals surface area contributed by atoms with E-state index in [1.807, 2.05) is 0 Å². The summed E-state index contributed by atoms with van der Waals surface area (Å²) in [4.78, 5) is 0. The molecule has 0 atom stereocenters. The summed E-state index contributed by atoms with van der Waals surface area (Å²) < 4.78 is 24.4. The predicted molar refractivity (Wildman–Crippen MR) is 43.9 cm³/mol. The zero-order chi connectivity index (χ0) is 9.84. The maximum absolute atomic E-state index is 12.2. The first-order valence-corrected chi connectivity index (χ1v) is 3.47. The number of anilines is 1. The van der Waals surface area contributed by atoms with Gasteiger partial charge in [-0.3, -0.25) is 5.84 Å². The van der Waals surface area contributed by atoms with Gasteiger partial charge in [0.15, 0.2) is 0 Å². The highest BCUT2D eigenvalue weighted by Crippen LogP contribution is 2.23. The van der Waals surface area contributed by atoms with Crippen molar-refractivity contribution in [3.8, 4) is 6.07 Å². The molecule has 3 nitrogen and oxygen atoms in total. The molecule has 68 valence electrons. The molecule has 13 heavy (non-hydrogen) atoms. The van der Waals surface area contributed by atoms with Crippen molar-refractivity contribution in [1.29, 1.82) is 5.26 Å². The molecule has 1 aromatic rings. The zero-order valence-electron chi connectivity index (χ0n) is 6.59. The molecule has 0 bridgehead atoms. The van der Waals surface area contributed by atoms with E-state index in [0.717, 1.165) is 6.07 Å². The fourth-order valence-corrected chi connectivity index (χ4v) is 0.926. The molecule has 0 fully saturated rings. The molecule has 1 rings (SSSR count). The molecule has 0 aliphatic rings. The average Bonchev–Trinajstić information content (AvgIpc) is 2.16. The molecule has 0 aromatic heterocycles. The van der Waals surface area contributed by atoms with Gasteiger partial charge >= 0.3 is 0 Å². The number of alkyl halides is 2. The van der Waals surface area contributed by atoms with Crippen LogP contribution in [0, 0.1) is 11.3 Å². The van der Waals surface area contributed by atoms with E-state index >= 15 is 0 Å². The lowest BCUT2D eigenvalue weighted by molar-refractivity contribution is 0.151. The van der Waals surface area contributed by atoms with Gasteiger partial charge in [-0.1, -0.05) is 0 Å². The summed E-state index contributed by atoms with van der Waals surface area (Å²) in [5, 5.41) is 8.50. The second kappa shape index (κ2) is 3.83. The zero-order valence-corrected chi connectivity index (χ0v) is 6.59. The summed E-state index contributed by atoms with van der Waals surface area (Å²) in [6.07, 6.45) is -2.60. The lowest BCUT2D eigenvalue weighted by Gasteiger charge is -2.04. The van der Waals surface area contributed by atoms with Crippen LogP contribution in [0.25, 0.3) is 0 Å². The molecule has 0 amide bonds. The van der Waals surface area contributed by atoms with E-state index in [1.54, 1.807) is 6.07 Å². The molecule has 0 saturated carbocycles. The maximum Gasteiger partial charge on any atom is 0.263 e. The molecular formula is C8H7F2N3. The van der Waals surface area contributed by atoms with Crippen LogP contribution in [0.1, 0.15) is 17.6 Å². The van der Waals surface area contributed by atoms with Gasteiger partial charge < -0.3 is 5.43 Å². The first-order chi connectivity index (χ1) is 6.17. The van der Waals surface area contributed by atoms with Gasteiger partial charge in [0.1, 0.15) is 0 Å². The van der Waals surface area contributed by atoms with Gasteiger partial charge in [0, 0.05) is 5.56 Å². The molecule has 5 heteroatoms. The van der Waals surface area contributed by atoms with Crippen molar-refractivity contribution in [1.82, 2.24) is 0 Å². The van der Waals surface area contributed by atoms with Crippen LogP contribution < -0.4 is 11.3 Å². The maximum atomic E-state index is 12.2. The number of nitrogens with one attached hydrogen (secondary N) is 1. The summed E-state index contributed by atoms with van der Waals surface area (Å²) in [5.41, 5.74) is 2.46. The fourth-order valence-electron chi connectivity index (χ4n) is 0.926. The van der Waals surface area contributed by atoms with Crippen molar-refractivity contribution in [2.75, 3.05) is 5.43 Å². The van der Waals surface area contributed by atoms with E-state index in [0.29, 0.717) is 5.69 Å². The van der Waals surface area contributed by atoms with Crippen LogP contribution in [0.15, 0.2) is 18.2 Å². The Bertz CT molecular complexity index is 344. The Morgan fingerprint density at radius 1 is 1.38 bits per heavy atom. The number of hydrogen-bond acceptors (Lipinski definition) is 3. The molecule has 3 N–H and O–H groups in total. The monoisotopic (exact) mass is 183 g/mol. The number of hydrogen-bond donors (Lipinski definition) is 2. The normalized spacial score (nSPS) is 9.77. The Hall–Kier alpha value is -1.67. The summed E-state index contributed by atoms with van der Waals surface area (Å²) in [5.74, 6) is 5.04. The minimum absolute atomic E-state index is 0.158. The average molecular weight is 183 g/mol. The highest BCUT2D eigenvalue weighted by atomic mass is 19.3. The molecular weight excluding hydrogens is 176 g/mol. The number of nitrogens with two attached hydrogens (primary N) is 1. The summed E-state index contributed by atoms with van der Waals surface area (Å²) in [6, 6.07) is 5.49. The molecule has 0 heterocycles. The van der Waals surface area contributed by atoms with Crippen LogP contribution >= 0.6 is 0 Å². The topological polar surface area (TPSA) is 61.8 Å². The fraction of sp³-hybridized carbons (Fsp3) is 0.125. The van der Waals surface area contributed by atoms with Crippen LogP contribution in [0.4, 0.5) is 14.5 Å². The second-order valence-corrected chi connectivity index (χ2v) is 2.40. The Balaban J connectivity index is 3.17. The van der Waals surface area contributed by atoms with E-state index < -0.39 is 6.43 Å². The van der Waals surface area contributed by atoms with Gasteiger partial charge in [-0.05, 0) is 18.2 Å². The third-order valence-corrected chi connectivity index (χ3v) is 1.50. The number of nitrogen functional groups attached to an aromatic ring is 1. The third kappa shape index (κ3) is 2.13. The van der Waals surface area contributed by atoms with Crippen LogP contribution in [-0.2, 0) is 0 Å². The van der Waals surface area contributed by atoms with Gasteiger partial charge in [-0.15, -0.1) is 0 Å². The standard InChI is InChI=1S/C8H7F2N3/c9-8(10)6-1-5(4-11)2-7(3-6)13-12/h1-3,8,13H,12H2. The van der Waals surface area contributed by atoms with Gasteiger partial charge in [0.25, 0.3) is 6.43 Å². The largest absolute Gasteiger partial charge is 0.324 e. The Morgan fingerprint density at radius 3 is 2.54 bits per heavy atom. The van der Waals surface area contributed by atoms with Crippen molar-refractivity contribution in [2.24, 2.45) is 5.84 Å². The smallest absolute Gasteiger partial charge is 0.263 e. The Labute approximate surface area is 73.7 Å². The molecule has 0 unspecified atom stereocenters. The second-order valence-electron chi connectivity index (χ2n) is 2.40. The molecule has 0 spiro atoms. The lowest BCUT2D eigenvalue weighted by atomic mass is 10.1. The molecule has 1 aromatic carbocycles. The molecule has 0 radical (unpaired) electrons. The molecule has 0 saturated heterocycles. The van der Waals surface area contributed by atoms with Gasteiger partial charge in [0.05, 0.1) is 17.3 Å². The summed E-state index contributed by atoms with van der Waals surface area (Å²) in [6.45, 7) is 0. The van der Waals surface area contributed by atoms with Gasteiger partial charge in [-0.2, -0.15) is 5.26 Å². The van der Waals surface area contributed by atoms with Crippen LogP contribution in [0.3, 0.4) is 0 Å². The number of rotatable bonds is 2. The van der Waals surface area contributed by atoms with Crippen molar-refractivity contribution >= 4 is 5.69 Å². The van der Waals surface area contributed by atoms with Crippen molar-refractivity contribution < 1.29 is 8.78 Å². The number of benzene rings is 1. The van der Waals surface area contributed by atoms with Crippen LogP contribution in [-0.4, -0.2) is 0 Å². The van der Waals surface area contributed by atoms with Crippen molar-refractivity contribution in [2.45, 2.75) is 6.43 Å². The molecule has 0 aliphatic carbocycles. The van der Waals surface area contributed by atoms with Crippen molar-refractivity contribution in [3.63, 3.8) is 0 Å². The van der Waals surface area contributed by atoms with Crippen molar-refractivity contribution in [3.05, 3.63) is 29.3 Å². The number of halogens is 2. The lowest BCUT2D eigenvalue weighted by Crippen LogP contribution is -2.07. The van der Waals surface area contributed by atoms with Crippen LogP contribution in [0.5, 0.6) is 0 Å². The number of nitriles is 1. The van der Waals surface area contributed by atoms with Crippen LogP contribution in [0.2, 0.25) is 0 Å². The quantitative estimate of drug-likeness (QED) is 0.542. The van der Waals surface area contributed by atoms with Gasteiger partial charge in [-0.25, -0.2) is 8.78 Å². The Kier molecular flexibility index (Phi) is 2.77. The third-order valence-electron chi connectivity index (χ3n) is 1.50. The first-order valence-electron chi connectivity index (χ1n) is 3.47. The van der Waals surface area contributed by atoms with E-state index in [1.165, 1.54) is 12.1 Å². The minimum Gasteiger partial charge on any atom is -0.324 e. The number of nitrogens with zero attached hydrogens (tertiary/aromatic N) is 1. The van der Waals surface area contributed by atoms with Gasteiger partial charge in [0.2, 0.25) is 0 Å². The predicted octanol–water partition coefficient (Wildman–Crippen LogP) is 1.78. The summed E-state index contributed by atoms with van der Waals surface area (Å²) >= 11 is 0. The SMILES string of the molecule is N#Cc1cc(NN)cc(C(F)F)c1. The molecule has 0 aliphatic heterocycles. The first kappa shape index (κ1) is 9.42. The highest BCUT2D eigenvalue weighted by molar-refractivity contribution is 5.51. The van der Waals surface area contributed by atoms with E-state index in [4.69, 9.17) is 11.1 Å². The van der Waals surface area contributed by atoms with E-state index in [-0.39, 0.29) is 11.1 Å². The minimum atomic E-state index is -2.60. The Morgan fingerprint density at radius 2 is 2.08 bits per heavy atom. The number of hydrazine groups is 1.